The number of benzene rings is 2. The van der Waals surface area contributed by atoms with Crippen LogP contribution in [0.15, 0.2) is 60.7 Å². The molecule has 2 aromatic rings. The van der Waals surface area contributed by atoms with E-state index in [0.717, 1.165) is 5.56 Å². The highest BCUT2D eigenvalue weighted by molar-refractivity contribution is 6.01. The molecule has 0 spiro atoms. The van der Waals surface area contributed by atoms with Gasteiger partial charge in [-0.15, -0.1) is 0 Å². The minimum Gasteiger partial charge on any atom is -0.346 e. The Balaban J connectivity index is 2.32. The van der Waals surface area contributed by atoms with Gasteiger partial charge in [0.25, 0.3) is 0 Å². The first-order valence-corrected chi connectivity index (χ1v) is 6.46. The summed E-state index contributed by atoms with van der Waals surface area (Å²) in [6.07, 6.45) is 0.370. The van der Waals surface area contributed by atoms with Crippen molar-refractivity contribution in [2.24, 2.45) is 0 Å². The third-order valence-corrected chi connectivity index (χ3v) is 3.32. The third kappa shape index (κ3) is 2.95. The average Bonchev–Trinajstić information content (AvgIpc) is 2.54. The lowest BCUT2D eigenvalue weighted by molar-refractivity contribution is -0.167. The van der Waals surface area contributed by atoms with Crippen molar-refractivity contribution in [3.63, 3.8) is 0 Å². The van der Waals surface area contributed by atoms with Gasteiger partial charge in [-0.3, -0.25) is 4.79 Å². The maximum absolute atomic E-state index is 12.7. The average molecular weight is 270 g/mol. The highest BCUT2D eigenvalue weighted by atomic mass is 16.7. The molecule has 2 aromatic carbocycles. The third-order valence-electron chi connectivity index (χ3n) is 3.32. The molecule has 3 nitrogen and oxygen atoms in total. The lowest BCUT2D eigenvalue weighted by atomic mass is 9.96. The number of hydrogen-bond acceptors (Lipinski definition) is 3. The molecule has 0 bridgehead atoms. The summed E-state index contributed by atoms with van der Waals surface area (Å²) in [6.45, 7) is 0. The summed E-state index contributed by atoms with van der Waals surface area (Å²) in [7, 11) is 2.99. The Hall–Kier alpha value is -1.97. The summed E-state index contributed by atoms with van der Waals surface area (Å²) in [5.74, 6) is -1.46. The minimum absolute atomic E-state index is 0.174. The molecule has 0 aliphatic heterocycles. The first-order chi connectivity index (χ1) is 9.72. The van der Waals surface area contributed by atoms with Gasteiger partial charge in [-0.05, 0) is 5.56 Å². The van der Waals surface area contributed by atoms with Crippen LogP contribution in [0.25, 0.3) is 0 Å². The first kappa shape index (κ1) is 14.4. The van der Waals surface area contributed by atoms with Crippen molar-refractivity contribution in [3.05, 3.63) is 71.8 Å². The first-order valence-electron chi connectivity index (χ1n) is 6.46. The molecule has 0 aliphatic carbocycles. The van der Waals surface area contributed by atoms with E-state index in [-0.39, 0.29) is 5.78 Å². The number of ketones is 1. The molecule has 0 fully saturated rings. The number of carbonyl (C=O) groups is 1. The van der Waals surface area contributed by atoms with Crippen LogP contribution in [0.3, 0.4) is 0 Å². The molecule has 0 radical (unpaired) electrons. The van der Waals surface area contributed by atoms with Gasteiger partial charge in [0.1, 0.15) is 0 Å². The number of Topliss-reactive ketones (excluding diaryl/α,β-unsaturated/α-hetero) is 1. The number of carbonyl (C=O) groups excluding carboxylic acids is 1. The fraction of sp³-hybridized carbons (Fsp3) is 0.235. The second kappa shape index (κ2) is 6.46. The molecule has 3 heteroatoms. The molecule has 0 unspecified atom stereocenters. The van der Waals surface area contributed by atoms with Gasteiger partial charge >= 0.3 is 0 Å². The Morgan fingerprint density at radius 1 is 0.900 bits per heavy atom. The van der Waals surface area contributed by atoms with Crippen molar-refractivity contribution in [3.8, 4) is 0 Å². The summed E-state index contributed by atoms with van der Waals surface area (Å²) in [6, 6.07) is 18.7. The van der Waals surface area contributed by atoms with Crippen molar-refractivity contribution in [1.82, 2.24) is 0 Å². The van der Waals surface area contributed by atoms with Gasteiger partial charge in [0.05, 0.1) is 0 Å². The SMILES string of the molecule is COC(Cc1ccccc1)(OC)C(=O)c1ccccc1. The van der Waals surface area contributed by atoms with Crippen LogP contribution in [-0.2, 0) is 15.9 Å². The van der Waals surface area contributed by atoms with Crippen molar-refractivity contribution in [1.29, 1.82) is 0 Å². The number of hydrogen-bond donors (Lipinski definition) is 0. The van der Waals surface area contributed by atoms with Gasteiger partial charge in [-0.1, -0.05) is 60.7 Å². The maximum atomic E-state index is 12.7. The fourth-order valence-corrected chi connectivity index (χ4v) is 2.17. The second-order valence-corrected chi connectivity index (χ2v) is 4.52. The van der Waals surface area contributed by atoms with Crippen molar-refractivity contribution in [2.45, 2.75) is 12.2 Å². The maximum Gasteiger partial charge on any atom is 0.237 e. The van der Waals surface area contributed by atoms with E-state index >= 15 is 0 Å². The van der Waals surface area contributed by atoms with E-state index in [1.54, 1.807) is 12.1 Å². The molecule has 0 N–H and O–H groups in total. The van der Waals surface area contributed by atoms with Crippen LogP contribution in [0.1, 0.15) is 15.9 Å². The van der Waals surface area contributed by atoms with Crippen LogP contribution in [0.4, 0.5) is 0 Å². The highest BCUT2D eigenvalue weighted by Crippen LogP contribution is 2.23. The molecule has 0 aliphatic rings. The molecule has 0 saturated carbocycles. The van der Waals surface area contributed by atoms with Crippen molar-refractivity contribution >= 4 is 5.78 Å². The summed E-state index contributed by atoms with van der Waals surface area (Å²) in [5, 5.41) is 0. The highest BCUT2D eigenvalue weighted by Gasteiger charge is 2.39. The molecule has 0 atom stereocenters. The Kier molecular flexibility index (Phi) is 4.66. The Morgan fingerprint density at radius 3 is 1.90 bits per heavy atom. The van der Waals surface area contributed by atoms with E-state index in [2.05, 4.69) is 0 Å². The zero-order valence-corrected chi connectivity index (χ0v) is 11.7. The van der Waals surface area contributed by atoms with E-state index in [0.29, 0.717) is 12.0 Å². The van der Waals surface area contributed by atoms with Crippen LogP contribution in [-0.4, -0.2) is 25.8 Å². The predicted molar refractivity (Wildman–Crippen MR) is 77.7 cm³/mol. The van der Waals surface area contributed by atoms with Gasteiger partial charge in [0.15, 0.2) is 0 Å². The Morgan fingerprint density at radius 2 is 1.40 bits per heavy atom. The van der Waals surface area contributed by atoms with Crippen LogP contribution in [0, 0.1) is 0 Å². The fourth-order valence-electron chi connectivity index (χ4n) is 2.17. The van der Waals surface area contributed by atoms with Crippen LogP contribution < -0.4 is 0 Å². The molecule has 0 heterocycles. The van der Waals surface area contributed by atoms with E-state index in [1.807, 2.05) is 48.5 Å². The molecular formula is C17H18O3. The summed E-state index contributed by atoms with van der Waals surface area (Å²) in [5.41, 5.74) is 1.56. The smallest absolute Gasteiger partial charge is 0.237 e. The molecule has 0 aromatic heterocycles. The van der Waals surface area contributed by atoms with Crippen molar-refractivity contribution < 1.29 is 14.3 Å². The minimum atomic E-state index is -1.29. The lowest BCUT2D eigenvalue weighted by Crippen LogP contribution is -2.45. The summed E-state index contributed by atoms with van der Waals surface area (Å²) >= 11 is 0. The quantitative estimate of drug-likeness (QED) is 0.597. The van der Waals surface area contributed by atoms with Crippen LogP contribution >= 0.6 is 0 Å². The largest absolute Gasteiger partial charge is 0.346 e. The van der Waals surface area contributed by atoms with Gasteiger partial charge < -0.3 is 9.47 Å². The molecular weight excluding hydrogens is 252 g/mol. The van der Waals surface area contributed by atoms with Gasteiger partial charge in [-0.25, -0.2) is 0 Å². The van der Waals surface area contributed by atoms with Gasteiger partial charge in [0.2, 0.25) is 11.6 Å². The molecule has 0 saturated heterocycles. The number of methoxy groups -OCH3 is 2. The Labute approximate surface area is 119 Å². The van der Waals surface area contributed by atoms with E-state index < -0.39 is 5.79 Å². The van der Waals surface area contributed by atoms with Gasteiger partial charge in [0, 0.05) is 26.2 Å². The Bertz CT molecular complexity index is 545. The van der Waals surface area contributed by atoms with E-state index in [1.165, 1.54) is 14.2 Å². The topological polar surface area (TPSA) is 35.5 Å². The molecule has 20 heavy (non-hydrogen) atoms. The molecule has 2 rings (SSSR count). The van der Waals surface area contributed by atoms with E-state index in [9.17, 15) is 4.79 Å². The monoisotopic (exact) mass is 270 g/mol. The zero-order chi connectivity index (χ0) is 14.4. The lowest BCUT2D eigenvalue weighted by Gasteiger charge is -2.29. The van der Waals surface area contributed by atoms with Crippen LogP contribution in [0.5, 0.6) is 0 Å². The van der Waals surface area contributed by atoms with Gasteiger partial charge in [-0.2, -0.15) is 0 Å². The second-order valence-electron chi connectivity index (χ2n) is 4.52. The standard InChI is InChI=1S/C17H18O3/c1-19-17(20-2,13-14-9-5-3-6-10-14)16(18)15-11-7-4-8-12-15/h3-12H,13H2,1-2H3. The van der Waals surface area contributed by atoms with E-state index in [4.69, 9.17) is 9.47 Å². The molecule has 104 valence electrons. The number of rotatable bonds is 6. The summed E-state index contributed by atoms with van der Waals surface area (Å²) in [4.78, 5) is 12.7. The predicted octanol–water partition coefficient (Wildman–Crippen LogP) is 3.10. The normalized spacial score (nSPS) is 11.3. The summed E-state index contributed by atoms with van der Waals surface area (Å²) < 4.78 is 10.9. The van der Waals surface area contributed by atoms with Crippen molar-refractivity contribution in [2.75, 3.05) is 14.2 Å². The molecule has 0 amide bonds. The zero-order valence-electron chi connectivity index (χ0n) is 11.7. The van der Waals surface area contributed by atoms with Crippen LogP contribution in [0.2, 0.25) is 0 Å². The number of ether oxygens (including phenoxy) is 2.